The SMILES string of the molecule is CCC(CO)NCC(O)COS(=O)(=O)O. The zero-order chi connectivity index (χ0) is 11.9. The van der Waals surface area contributed by atoms with Gasteiger partial charge in [-0.25, -0.2) is 4.18 Å². The van der Waals surface area contributed by atoms with Crippen LogP contribution in [0.4, 0.5) is 0 Å². The summed E-state index contributed by atoms with van der Waals surface area (Å²) in [6.07, 6.45) is -0.380. The van der Waals surface area contributed by atoms with Gasteiger partial charge >= 0.3 is 10.4 Å². The van der Waals surface area contributed by atoms with Crippen LogP contribution in [0, 0.1) is 0 Å². The number of aliphatic hydroxyl groups excluding tert-OH is 2. The smallest absolute Gasteiger partial charge is 0.395 e. The van der Waals surface area contributed by atoms with Crippen molar-refractivity contribution in [1.82, 2.24) is 5.32 Å². The Morgan fingerprint density at radius 1 is 1.47 bits per heavy atom. The molecule has 0 aromatic carbocycles. The lowest BCUT2D eigenvalue weighted by Gasteiger charge is -2.16. The molecule has 2 unspecified atom stereocenters. The van der Waals surface area contributed by atoms with E-state index in [1.54, 1.807) is 0 Å². The van der Waals surface area contributed by atoms with Gasteiger partial charge in [0.2, 0.25) is 0 Å². The molecule has 0 aromatic rings. The molecule has 0 rings (SSSR count). The van der Waals surface area contributed by atoms with Crippen molar-refractivity contribution < 1.29 is 27.4 Å². The molecule has 0 bridgehead atoms. The van der Waals surface area contributed by atoms with E-state index in [1.165, 1.54) is 0 Å². The predicted molar refractivity (Wildman–Crippen MR) is 52.7 cm³/mol. The van der Waals surface area contributed by atoms with Crippen molar-refractivity contribution >= 4 is 10.4 Å². The minimum atomic E-state index is -4.51. The van der Waals surface area contributed by atoms with Gasteiger partial charge in [-0.1, -0.05) is 6.92 Å². The molecule has 0 aliphatic carbocycles. The number of nitrogens with one attached hydrogen (secondary N) is 1. The Kier molecular flexibility index (Phi) is 6.98. The van der Waals surface area contributed by atoms with Gasteiger partial charge in [0.15, 0.2) is 0 Å². The molecule has 0 radical (unpaired) electrons. The standard InChI is InChI=1S/C7H17NO6S/c1-2-6(4-9)8-3-7(10)5-14-15(11,12)13/h6-10H,2-5H2,1H3,(H,11,12,13). The second-order valence-corrected chi connectivity index (χ2v) is 4.15. The molecule has 2 atom stereocenters. The normalized spacial score (nSPS) is 16.3. The zero-order valence-corrected chi connectivity index (χ0v) is 9.27. The van der Waals surface area contributed by atoms with Gasteiger partial charge in [0.25, 0.3) is 0 Å². The summed E-state index contributed by atoms with van der Waals surface area (Å²) in [6.45, 7) is 1.35. The minimum Gasteiger partial charge on any atom is -0.395 e. The third-order valence-electron chi connectivity index (χ3n) is 1.76. The fraction of sp³-hybridized carbons (Fsp3) is 1.00. The Bertz CT molecular complexity index is 250. The molecule has 0 saturated heterocycles. The number of aliphatic hydroxyl groups is 2. The van der Waals surface area contributed by atoms with Crippen molar-refractivity contribution in [2.75, 3.05) is 19.8 Å². The summed E-state index contributed by atoms with van der Waals surface area (Å²) >= 11 is 0. The lowest BCUT2D eigenvalue weighted by atomic mass is 10.2. The Hall–Kier alpha value is -0.250. The van der Waals surface area contributed by atoms with E-state index in [0.717, 1.165) is 0 Å². The molecule has 8 heteroatoms. The molecule has 0 aromatic heterocycles. The van der Waals surface area contributed by atoms with Crippen molar-refractivity contribution in [3.63, 3.8) is 0 Å². The number of rotatable bonds is 8. The van der Waals surface area contributed by atoms with Gasteiger partial charge in [0.1, 0.15) is 0 Å². The second kappa shape index (κ2) is 7.09. The quantitative estimate of drug-likeness (QED) is 0.384. The van der Waals surface area contributed by atoms with E-state index in [9.17, 15) is 13.5 Å². The van der Waals surface area contributed by atoms with Crippen LogP contribution in [0.5, 0.6) is 0 Å². The van der Waals surface area contributed by atoms with Gasteiger partial charge in [-0.05, 0) is 6.42 Å². The molecular weight excluding hydrogens is 226 g/mol. The van der Waals surface area contributed by atoms with Crippen LogP contribution in [0.2, 0.25) is 0 Å². The maximum absolute atomic E-state index is 10.1. The van der Waals surface area contributed by atoms with E-state index < -0.39 is 23.1 Å². The largest absolute Gasteiger partial charge is 0.397 e. The molecule has 15 heavy (non-hydrogen) atoms. The van der Waals surface area contributed by atoms with E-state index >= 15 is 0 Å². The summed E-state index contributed by atoms with van der Waals surface area (Å²) in [6, 6.07) is -0.148. The molecule has 0 spiro atoms. The minimum absolute atomic E-state index is 0.0671. The molecule has 0 fully saturated rings. The number of hydrogen-bond acceptors (Lipinski definition) is 6. The first-order chi connectivity index (χ1) is 6.89. The average molecular weight is 243 g/mol. The Morgan fingerprint density at radius 3 is 2.47 bits per heavy atom. The second-order valence-electron chi connectivity index (χ2n) is 3.06. The molecule has 92 valence electrons. The van der Waals surface area contributed by atoms with Crippen LogP contribution in [-0.4, -0.2) is 55.1 Å². The molecule has 7 nitrogen and oxygen atoms in total. The van der Waals surface area contributed by atoms with Gasteiger partial charge < -0.3 is 15.5 Å². The summed E-state index contributed by atoms with van der Waals surface area (Å²) in [5.41, 5.74) is 0. The van der Waals surface area contributed by atoms with Gasteiger partial charge in [-0.2, -0.15) is 8.42 Å². The molecule has 0 aliphatic rings. The lowest BCUT2D eigenvalue weighted by Crippen LogP contribution is -2.39. The van der Waals surface area contributed by atoms with E-state index in [0.29, 0.717) is 6.42 Å². The molecular formula is C7H17NO6S. The monoisotopic (exact) mass is 243 g/mol. The van der Waals surface area contributed by atoms with Gasteiger partial charge in [-0.3, -0.25) is 4.55 Å². The van der Waals surface area contributed by atoms with Crippen LogP contribution in [-0.2, 0) is 14.6 Å². The van der Waals surface area contributed by atoms with Crippen LogP contribution in [0.1, 0.15) is 13.3 Å². The van der Waals surface area contributed by atoms with Crippen molar-refractivity contribution in [3.05, 3.63) is 0 Å². The maximum atomic E-state index is 10.1. The van der Waals surface area contributed by atoms with Gasteiger partial charge in [0, 0.05) is 12.6 Å². The molecule has 4 N–H and O–H groups in total. The first-order valence-corrected chi connectivity index (χ1v) is 5.89. The fourth-order valence-electron chi connectivity index (χ4n) is 0.864. The van der Waals surface area contributed by atoms with Crippen molar-refractivity contribution in [3.8, 4) is 0 Å². The lowest BCUT2D eigenvalue weighted by molar-refractivity contribution is 0.0956. The van der Waals surface area contributed by atoms with Crippen LogP contribution in [0.15, 0.2) is 0 Å². The van der Waals surface area contributed by atoms with Crippen molar-refractivity contribution in [2.45, 2.75) is 25.5 Å². The summed E-state index contributed by atoms with van der Waals surface area (Å²) in [4.78, 5) is 0. The highest BCUT2D eigenvalue weighted by molar-refractivity contribution is 7.80. The zero-order valence-electron chi connectivity index (χ0n) is 8.46. The van der Waals surface area contributed by atoms with Crippen LogP contribution < -0.4 is 5.32 Å². The van der Waals surface area contributed by atoms with Gasteiger partial charge in [0.05, 0.1) is 19.3 Å². The summed E-state index contributed by atoms with van der Waals surface area (Å²) in [5.74, 6) is 0. The summed E-state index contributed by atoms with van der Waals surface area (Å²) < 4.78 is 32.5. The molecule has 0 aliphatic heterocycles. The maximum Gasteiger partial charge on any atom is 0.397 e. The summed E-state index contributed by atoms with van der Waals surface area (Å²) in [5, 5.41) is 20.8. The Balaban J connectivity index is 3.70. The molecule has 0 amide bonds. The fourth-order valence-corrected chi connectivity index (χ4v) is 1.19. The average Bonchev–Trinajstić information content (AvgIpc) is 2.15. The van der Waals surface area contributed by atoms with Crippen molar-refractivity contribution in [1.29, 1.82) is 0 Å². The van der Waals surface area contributed by atoms with Crippen molar-refractivity contribution in [2.24, 2.45) is 0 Å². The highest BCUT2D eigenvalue weighted by Gasteiger charge is 2.12. The first kappa shape index (κ1) is 14.8. The van der Waals surface area contributed by atoms with E-state index in [4.69, 9.17) is 9.66 Å². The van der Waals surface area contributed by atoms with E-state index in [2.05, 4.69) is 9.50 Å². The Labute approximate surface area is 89.0 Å². The topological polar surface area (TPSA) is 116 Å². The number of hydrogen-bond donors (Lipinski definition) is 4. The van der Waals surface area contributed by atoms with E-state index in [-0.39, 0.29) is 19.2 Å². The molecule has 0 saturated carbocycles. The van der Waals surface area contributed by atoms with Crippen LogP contribution >= 0.6 is 0 Å². The van der Waals surface area contributed by atoms with Gasteiger partial charge in [-0.15, -0.1) is 0 Å². The van der Waals surface area contributed by atoms with E-state index in [1.807, 2.05) is 6.92 Å². The Morgan fingerprint density at radius 2 is 2.07 bits per heavy atom. The third kappa shape index (κ3) is 8.73. The highest BCUT2D eigenvalue weighted by atomic mass is 32.3. The highest BCUT2D eigenvalue weighted by Crippen LogP contribution is 1.93. The van der Waals surface area contributed by atoms with Crippen LogP contribution in [0.25, 0.3) is 0 Å². The first-order valence-electron chi connectivity index (χ1n) is 4.53. The molecule has 0 heterocycles. The van der Waals surface area contributed by atoms with Crippen LogP contribution in [0.3, 0.4) is 0 Å². The third-order valence-corrected chi connectivity index (χ3v) is 2.20. The summed E-state index contributed by atoms with van der Waals surface area (Å²) in [7, 11) is -4.51. The predicted octanol–water partition coefficient (Wildman–Crippen LogP) is -1.47.